The van der Waals surface area contributed by atoms with Gasteiger partial charge in [-0.25, -0.2) is 0 Å². The van der Waals surface area contributed by atoms with Crippen molar-refractivity contribution in [2.75, 3.05) is 9.80 Å². The van der Waals surface area contributed by atoms with Crippen LogP contribution in [0.15, 0.2) is 122 Å². The Morgan fingerprint density at radius 3 is 1.12 bits per heavy atom. The monoisotopic (exact) mass is 632 g/mol. The average Bonchev–Trinajstić information content (AvgIpc) is 3.80. The lowest BCUT2D eigenvalue weighted by molar-refractivity contribution is -0.0440. The Bertz CT molecular complexity index is 1750. The third kappa shape index (κ3) is 3.58. The summed E-state index contributed by atoms with van der Waals surface area (Å²) in [7, 11) is 0. The number of hydrogen-bond donors (Lipinski definition) is 2. The molecule has 0 aromatic heterocycles. The van der Waals surface area contributed by atoms with Gasteiger partial charge in [-0.05, 0) is 59.4 Å². The molecule has 1 saturated carbocycles. The lowest BCUT2D eigenvalue weighted by atomic mass is 9.70. The van der Waals surface area contributed by atoms with E-state index in [4.69, 9.17) is 0 Å². The molecule has 1 aliphatic carbocycles. The molecule has 0 amide bonds. The number of nitrogens with one attached hydrogen (secondary N) is 2. The molecule has 48 heavy (non-hydrogen) atoms. The fraction of sp³-hybridized carbons (Fsp3) is 0.333. The summed E-state index contributed by atoms with van der Waals surface area (Å²) in [6.45, 7) is 9.57. The van der Waals surface area contributed by atoms with E-state index in [1.165, 1.54) is 45.0 Å². The van der Waals surface area contributed by atoms with E-state index in [1.807, 2.05) is 0 Å². The number of para-hydroxylation sites is 4. The van der Waals surface area contributed by atoms with Crippen molar-refractivity contribution in [3.05, 3.63) is 144 Å². The van der Waals surface area contributed by atoms with E-state index in [0.29, 0.717) is 0 Å². The molecule has 10 rings (SSSR count). The fourth-order valence-corrected chi connectivity index (χ4v) is 10.5. The minimum atomic E-state index is -0.0782. The summed E-state index contributed by atoms with van der Waals surface area (Å²) in [6, 6.07) is 37.6. The predicted molar refractivity (Wildman–Crippen MR) is 194 cm³/mol. The maximum absolute atomic E-state index is 3.74. The molecular formula is C42H44N6. The highest BCUT2D eigenvalue weighted by Crippen LogP contribution is 2.55. The molecule has 6 atom stereocenters. The van der Waals surface area contributed by atoms with Crippen molar-refractivity contribution >= 4 is 22.7 Å². The standard InChI is InChI=1S/C42H44N6/c1-41(2)27-13-5-9-17-31(27)47(32-18-10-6-14-28(32)41)35-21-22-36(38-37(35)45-25-23-43-39(45)40-44-24-26-46(38)40)48-33-19-11-7-15-29(33)42(3,4)30-16-8-12-20-34(30)48/h5-20,23-26,35-40,43-44H,21-22H2,1-4H3. The van der Waals surface area contributed by atoms with Crippen LogP contribution in [0.5, 0.6) is 0 Å². The van der Waals surface area contributed by atoms with E-state index < -0.39 is 0 Å². The molecule has 4 aromatic carbocycles. The summed E-state index contributed by atoms with van der Waals surface area (Å²) in [6.07, 6.45) is 11.5. The molecule has 6 unspecified atom stereocenters. The summed E-state index contributed by atoms with van der Waals surface area (Å²) in [5.74, 6) is 0. The normalized spacial score (nSPS) is 29.4. The lowest BCUT2D eigenvalue weighted by Crippen LogP contribution is -2.77. The van der Waals surface area contributed by atoms with Crippen molar-refractivity contribution in [2.45, 2.75) is 87.9 Å². The smallest absolute Gasteiger partial charge is 0.139 e. The van der Waals surface area contributed by atoms with Gasteiger partial charge in [-0.15, -0.1) is 0 Å². The molecule has 5 aliphatic heterocycles. The lowest BCUT2D eigenvalue weighted by Gasteiger charge is -2.62. The largest absolute Gasteiger partial charge is 0.367 e. The molecule has 0 radical (unpaired) electrons. The highest BCUT2D eigenvalue weighted by Gasteiger charge is 2.59. The number of fused-ring (bicyclic) bond motifs is 10. The van der Waals surface area contributed by atoms with Gasteiger partial charge in [0.15, 0.2) is 0 Å². The molecule has 2 fully saturated rings. The van der Waals surface area contributed by atoms with E-state index in [9.17, 15) is 0 Å². The highest BCUT2D eigenvalue weighted by molar-refractivity contribution is 5.80. The highest BCUT2D eigenvalue weighted by atomic mass is 15.5. The van der Waals surface area contributed by atoms with Gasteiger partial charge < -0.3 is 30.2 Å². The minimum absolute atomic E-state index is 0.0782. The number of hydrogen-bond acceptors (Lipinski definition) is 6. The van der Waals surface area contributed by atoms with Crippen LogP contribution < -0.4 is 20.4 Å². The van der Waals surface area contributed by atoms with Gasteiger partial charge in [-0.1, -0.05) is 100 Å². The topological polar surface area (TPSA) is 37.0 Å². The Balaban J connectivity index is 1.17. The van der Waals surface area contributed by atoms with E-state index in [0.717, 1.165) is 12.8 Å². The average molecular weight is 633 g/mol. The Morgan fingerprint density at radius 1 is 0.479 bits per heavy atom. The van der Waals surface area contributed by atoms with Crippen molar-refractivity contribution in [1.82, 2.24) is 20.4 Å². The van der Waals surface area contributed by atoms with Crippen LogP contribution in [0.2, 0.25) is 0 Å². The van der Waals surface area contributed by atoms with Crippen LogP contribution in [0, 0.1) is 0 Å². The number of anilines is 4. The molecule has 6 nitrogen and oxygen atoms in total. The number of benzene rings is 4. The maximum Gasteiger partial charge on any atom is 0.139 e. The van der Waals surface area contributed by atoms with Gasteiger partial charge in [-0.2, -0.15) is 0 Å². The van der Waals surface area contributed by atoms with Gasteiger partial charge in [0.1, 0.15) is 12.3 Å². The molecule has 6 aliphatic rings. The molecule has 4 aromatic rings. The maximum atomic E-state index is 3.74. The second-order valence-corrected chi connectivity index (χ2v) is 15.5. The Morgan fingerprint density at radius 2 is 0.792 bits per heavy atom. The summed E-state index contributed by atoms with van der Waals surface area (Å²) in [4.78, 5) is 10.8. The molecule has 6 heteroatoms. The predicted octanol–water partition coefficient (Wildman–Crippen LogP) is 7.63. The van der Waals surface area contributed by atoms with Crippen LogP contribution in [0.1, 0.15) is 62.8 Å². The molecule has 0 spiro atoms. The van der Waals surface area contributed by atoms with Crippen molar-refractivity contribution < 1.29 is 0 Å². The van der Waals surface area contributed by atoms with Gasteiger partial charge in [0.2, 0.25) is 0 Å². The van der Waals surface area contributed by atoms with Gasteiger partial charge in [-0.3, -0.25) is 0 Å². The molecule has 2 N–H and O–H groups in total. The number of nitrogens with zero attached hydrogens (tertiary/aromatic N) is 4. The quantitative estimate of drug-likeness (QED) is 0.237. The van der Waals surface area contributed by atoms with E-state index in [-0.39, 0.29) is 47.3 Å². The van der Waals surface area contributed by atoms with Crippen molar-refractivity contribution in [2.24, 2.45) is 0 Å². The first-order chi connectivity index (χ1) is 23.4. The van der Waals surface area contributed by atoms with Gasteiger partial charge in [0.25, 0.3) is 0 Å². The van der Waals surface area contributed by atoms with Crippen LogP contribution in [0.4, 0.5) is 22.7 Å². The molecular weight excluding hydrogens is 589 g/mol. The summed E-state index contributed by atoms with van der Waals surface area (Å²) >= 11 is 0. The minimum Gasteiger partial charge on any atom is -0.367 e. The first-order valence-corrected chi connectivity index (χ1v) is 17.7. The molecule has 5 heterocycles. The zero-order chi connectivity index (χ0) is 32.4. The zero-order valence-corrected chi connectivity index (χ0v) is 28.2. The van der Waals surface area contributed by atoms with Crippen molar-refractivity contribution in [3.63, 3.8) is 0 Å². The second-order valence-electron chi connectivity index (χ2n) is 15.5. The van der Waals surface area contributed by atoms with Crippen molar-refractivity contribution in [3.8, 4) is 0 Å². The molecule has 1 saturated heterocycles. The Kier molecular flexibility index (Phi) is 5.79. The first-order valence-electron chi connectivity index (χ1n) is 17.7. The summed E-state index contributed by atoms with van der Waals surface area (Å²) in [5, 5.41) is 7.49. The van der Waals surface area contributed by atoms with Gasteiger partial charge in [0, 0.05) is 58.4 Å². The van der Waals surface area contributed by atoms with E-state index >= 15 is 0 Å². The molecule has 242 valence electrons. The summed E-state index contributed by atoms with van der Waals surface area (Å²) < 4.78 is 0. The second kappa shape index (κ2) is 9.85. The Hall–Kier alpha value is -4.84. The SMILES string of the molecule is CC1(C)c2ccccc2N(C2CCC(N3c4ccccc4C(C)(C)c4ccccc43)C3C2N2C=CNC2C2NC=CN23)c2ccccc21. The van der Waals surface area contributed by atoms with Crippen LogP contribution >= 0.6 is 0 Å². The third-order valence-corrected chi connectivity index (χ3v) is 12.6. The Labute approximate surface area is 284 Å². The fourth-order valence-electron chi connectivity index (χ4n) is 10.5. The van der Waals surface area contributed by atoms with Crippen LogP contribution in [0.25, 0.3) is 0 Å². The van der Waals surface area contributed by atoms with Crippen LogP contribution in [-0.4, -0.2) is 46.3 Å². The van der Waals surface area contributed by atoms with Gasteiger partial charge in [0.05, 0.1) is 24.2 Å². The third-order valence-electron chi connectivity index (χ3n) is 12.6. The number of piperazine rings is 1. The summed E-state index contributed by atoms with van der Waals surface area (Å²) in [5.41, 5.74) is 10.9. The van der Waals surface area contributed by atoms with Gasteiger partial charge >= 0.3 is 0 Å². The molecule has 0 bridgehead atoms. The van der Waals surface area contributed by atoms with E-state index in [1.54, 1.807) is 0 Å². The first kappa shape index (κ1) is 28.2. The van der Waals surface area contributed by atoms with Crippen LogP contribution in [-0.2, 0) is 10.8 Å². The van der Waals surface area contributed by atoms with Crippen molar-refractivity contribution in [1.29, 1.82) is 0 Å². The number of rotatable bonds is 2. The van der Waals surface area contributed by atoms with E-state index in [2.05, 4.69) is 180 Å². The van der Waals surface area contributed by atoms with Crippen LogP contribution in [0.3, 0.4) is 0 Å². The zero-order valence-electron chi connectivity index (χ0n) is 28.2.